The van der Waals surface area contributed by atoms with Crippen LogP contribution < -0.4 is 10.2 Å². The van der Waals surface area contributed by atoms with Gasteiger partial charge in [0.15, 0.2) is 0 Å². The van der Waals surface area contributed by atoms with Gasteiger partial charge in [0.25, 0.3) is 0 Å². The smallest absolute Gasteiger partial charge is 0.244 e. The van der Waals surface area contributed by atoms with Gasteiger partial charge in [-0.2, -0.15) is 4.31 Å². The van der Waals surface area contributed by atoms with Gasteiger partial charge in [-0.15, -0.1) is 0 Å². The van der Waals surface area contributed by atoms with Crippen LogP contribution in [0.1, 0.15) is 43.9 Å². The van der Waals surface area contributed by atoms with Gasteiger partial charge in [-0.05, 0) is 65.4 Å². The van der Waals surface area contributed by atoms with Gasteiger partial charge in [0, 0.05) is 42.6 Å². The summed E-state index contributed by atoms with van der Waals surface area (Å²) in [6.45, 7) is 4.55. The van der Waals surface area contributed by atoms with Gasteiger partial charge >= 0.3 is 0 Å². The second-order valence-electron chi connectivity index (χ2n) is 8.65. The molecule has 2 aliphatic rings. The van der Waals surface area contributed by atoms with E-state index in [1.54, 1.807) is 17.0 Å². The fourth-order valence-corrected chi connectivity index (χ4v) is 7.11. The number of hydrogen-bond acceptors (Lipinski definition) is 4. The fraction of sp³-hybridized carbons (Fsp3) is 0.417. The molecule has 2 heterocycles. The highest BCUT2D eigenvalue weighted by molar-refractivity contribution is 9.10. The van der Waals surface area contributed by atoms with E-state index in [2.05, 4.69) is 21.2 Å². The number of carbonyl (C=O) groups is 2. The average Bonchev–Trinajstić information content (AvgIpc) is 3.22. The van der Waals surface area contributed by atoms with Crippen LogP contribution in [0.2, 0.25) is 0 Å². The molecular weight excluding hydrogens is 506 g/mol. The van der Waals surface area contributed by atoms with Gasteiger partial charge in [0.2, 0.25) is 21.8 Å². The second kappa shape index (κ2) is 9.56. The molecule has 1 N–H and O–H groups in total. The highest BCUT2D eigenvalue weighted by Gasteiger charge is 2.35. The largest absolute Gasteiger partial charge is 0.349 e. The number of sulfonamides is 1. The van der Waals surface area contributed by atoms with Crippen molar-refractivity contribution in [3.63, 3.8) is 0 Å². The molecule has 0 unspecified atom stereocenters. The zero-order valence-electron chi connectivity index (χ0n) is 18.8. The molecule has 1 atom stereocenters. The Hall–Kier alpha value is -2.23. The van der Waals surface area contributed by atoms with Crippen molar-refractivity contribution in [2.45, 2.75) is 44.0 Å². The molecule has 2 aromatic carbocycles. The average molecular weight is 534 g/mol. The number of amides is 2. The number of fused-ring (bicyclic) bond motifs is 1. The van der Waals surface area contributed by atoms with Crippen LogP contribution in [-0.2, 0) is 26.0 Å². The summed E-state index contributed by atoms with van der Waals surface area (Å²) in [6.07, 6.45) is 1.64. The van der Waals surface area contributed by atoms with Crippen molar-refractivity contribution < 1.29 is 18.0 Å². The number of nitrogens with one attached hydrogen (secondary N) is 1. The monoisotopic (exact) mass is 533 g/mol. The van der Waals surface area contributed by atoms with E-state index in [0.29, 0.717) is 36.0 Å². The van der Waals surface area contributed by atoms with E-state index in [1.807, 2.05) is 37.3 Å². The standard InChI is InChI=1S/C24H28BrN3O4S/c1-16(18-6-4-3-5-7-18)26-24(30)19-8-11-27(12-9-19)33(31,32)23-15-22-20(14-21(23)25)10-13-28(22)17(2)29/h3-7,14-16,19H,8-13H2,1-2H3,(H,26,30)/t16-/m1/s1. The van der Waals surface area contributed by atoms with Crippen molar-refractivity contribution in [3.8, 4) is 0 Å². The van der Waals surface area contributed by atoms with Crippen molar-refractivity contribution in [3.05, 3.63) is 58.1 Å². The molecule has 9 heteroatoms. The van der Waals surface area contributed by atoms with E-state index in [0.717, 1.165) is 11.1 Å². The van der Waals surface area contributed by atoms with Crippen LogP contribution in [0.25, 0.3) is 0 Å². The lowest BCUT2D eigenvalue weighted by molar-refractivity contribution is -0.126. The first-order valence-electron chi connectivity index (χ1n) is 11.1. The molecule has 7 nitrogen and oxygen atoms in total. The summed E-state index contributed by atoms with van der Waals surface area (Å²) in [6, 6.07) is 13.1. The first-order chi connectivity index (χ1) is 15.7. The molecule has 4 rings (SSSR count). The maximum absolute atomic E-state index is 13.4. The first-order valence-corrected chi connectivity index (χ1v) is 13.4. The number of hydrogen-bond donors (Lipinski definition) is 1. The topological polar surface area (TPSA) is 86.8 Å². The lowest BCUT2D eigenvalue weighted by Gasteiger charge is -2.31. The van der Waals surface area contributed by atoms with Crippen molar-refractivity contribution in [1.82, 2.24) is 9.62 Å². The molecule has 0 bridgehead atoms. The maximum Gasteiger partial charge on any atom is 0.244 e. The zero-order valence-corrected chi connectivity index (χ0v) is 21.2. The molecule has 0 radical (unpaired) electrons. The summed E-state index contributed by atoms with van der Waals surface area (Å²) in [5.41, 5.74) is 2.65. The summed E-state index contributed by atoms with van der Waals surface area (Å²) in [5.74, 6) is -0.366. The van der Waals surface area contributed by atoms with Crippen LogP contribution in [0, 0.1) is 5.92 Å². The van der Waals surface area contributed by atoms with Crippen LogP contribution in [0.3, 0.4) is 0 Å². The lowest BCUT2D eigenvalue weighted by Crippen LogP contribution is -2.43. The molecule has 0 spiro atoms. The van der Waals surface area contributed by atoms with E-state index in [-0.39, 0.29) is 41.8 Å². The molecular formula is C24H28BrN3O4S. The summed E-state index contributed by atoms with van der Waals surface area (Å²) in [7, 11) is -3.76. The Kier molecular flexibility index (Phi) is 6.93. The Labute approximate surface area is 203 Å². The first kappa shape index (κ1) is 23.9. The highest BCUT2D eigenvalue weighted by atomic mass is 79.9. The number of piperidine rings is 1. The van der Waals surface area contributed by atoms with Crippen molar-refractivity contribution in [1.29, 1.82) is 0 Å². The van der Waals surface area contributed by atoms with E-state index < -0.39 is 10.0 Å². The molecule has 0 aliphatic carbocycles. The summed E-state index contributed by atoms with van der Waals surface area (Å²) >= 11 is 3.42. The number of nitrogens with zero attached hydrogens (tertiary/aromatic N) is 2. The molecule has 1 saturated heterocycles. The van der Waals surface area contributed by atoms with E-state index in [1.165, 1.54) is 11.2 Å². The van der Waals surface area contributed by atoms with Gasteiger partial charge in [-0.1, -0.05) is 30.3 Å². The third kappa shape index (κ3) is 4.85. The molecule has 2 amide bonds. The second-order valence-corrected chi connectivity index (χ2v) is 11.4. The SMILES string of the molecule is CC(=O)N1CCc2cc(Br)c(S(=O)(=O)N3CCC(C(=O)N[C@H](C)c4ccccc4)CC3)cc21. The molecule has 1 fully saturated rings. The quantitative estimate of drug-likeness (QED) is 0.635. The molecule has 2 aromatic rings. The number of benzene rings is 2. The molecule has 33 heavy (non-hydrogen) atoms. The minimum atomic E-state index is -3.76. The fourth-order valence-electron chi connectivity index (χ4n) is 4.57. The van der Waals surface area contributed by atoms with Crippen LogP contribution >= 0.6 is 15.9 Å². The van der Waals surface area contributed by atoms with Crippen molar-refractivity contribution in [2.75, 3.05) is 24.5 Å². The lowest BCUT2D eigenvalue weighted by atomic mass is 9.96. The van der Waals surface area contributed by atoms with Crippen LogP contribution in [-0.4, -0.2) is 44.2 Å². The molecule has 0 saturated carbocycles. The maximum atomic E-state index is 13.4. The highest BCUT2D eigenvalue weighted by Crippen LogP contribution is 2.37. The van der Waals surface area contributed by atoms with Crippen molar-refractivity contribution in [2.24, 2.45) is 5.92 Å². The Morgan fingerprint density at radius 3 is 2.39 bits per heavy atom. The predicted molar refractivity (Wildman–Crippen MR) is 130 cm³/mol. The van der Waals surface area contributed by atoms with E-state index in [9.17, 15) is 18.0 Å². The van der Waals surface area contributed by atoms with Gasteiger partial charge in [0.05, 0.1) is 10.9 Å². The molecule has 176 valence electrons. The minimum Gasteiger partial charge on any atom is -0.349 e. The Morgan fingerprint density at radius 2 is 1.76 bits per heavy atom. The van der Waals surface area contributed by atoms with Crippen molar-refractivity contribution >= 4 is 43.5 Å². The van der Waals surface area contributed by atoms with Crippen LogP contribution in [0.15, 0.2) is 51.8 Å². The number of anilines is 1. The molecule has 2 aliphatic heterocycles. The predicted octanol–water partition coefficient (Wildman–Crippen LogP) is 3.64. The summed E-state index contributed by atoms with van der Waals surface area (Å²) in [5, 5.41) is 3.05. The number of halogens is 1. The molecule has 0 aromatic heterocycles. The Morgan fingerprint density at radius 1 is 1.09 bits per heavy atom. The number of rotatable bonds is 5. The van der Waals surface area contributed by atoms with Crippen LogP contribution in [0.4, 0.5) is 5.69 Å². The Balaban J connectivity index is 1.44. The van der Waals surface area contributed by atoms with Crippen LogP contribution in [0.5, 0.6) is 0 Å². The zero-order chi connectivity index (χ0) is 23.8. The summed E-state index contributed by atoms with van der Waals surface area (Å²) < 4.78 is 28.8. The van der Waals surface area contributed by atoms with E-state index >= 15 is 0 Å². The van der Waals surface area contributed by atoms with E-state index in [4.69, 9.17) is 0 Å². The summed E-state index contributed by atoms with van der Waals surface area (Å²) in [4.78, 5) is 26.5. The minimum absolute atomic E-state index is 0.0424. The van der Waals surface area contributed by atoms with Gasteiger partial charge in [-0.3, -0.25) is 9.59 Å². The van der Waals surface area contributed by atoms with Gasteiger partial charge < -0.3 is 10.2 Å². The third-order valence-electron chi connectivity index (χ3n) is 6.51. The van der Waals surface area contributed by atoms with Gasteiger partial charge in [-0.25, -0.2) is 8.42 Å². The van der Waals surface area contributed by atoms with Gasteiger partial charge in [0.1, 0.15) is 0 Å². The Bertz CT molecular complexity index is 1160. The third-order valence-corrected chi connectivity index (χ3v) is 9.37. The number of carbonyl (C=O) groups excluding carboxylic acids is 2. The normalized spacial score (nSPS) is 18.1.